The zero-order valence-corrected chi connectivity index (χ0v) is 17.5. The molecule has 0 aliphatic carbocycles. The Hall–Kier alpha value is -3.42. The molecular weight excluding hydrogens is 409 g/mol. The predicted molar refractivity (Wildman–Crippen MR) is 110 cm³/mol. The predicted octanol–water partition coefficient (Wildman–Crippen LogP) is 3.97. The molecule has 162 valence electrons. The lowest BCUT2D eigenvalue weighted by Crippen LogP contribution is -2.38. The zero-order chi connectivity index (χ0) is 23.0. The highest BCUT2D eigenvalue weighted by molar-refractivity contribution is 6.09. The highest BCUT2D eigenvalue weighted by Crippen LogP contribution is 2.22. The van der Waals surface area contributed by atoms with Gasteiger partial charge in [-0.25, -0.2) is 18.0 Å². The standard InChI is InChI=1S/C23H21F3N2O3/c1-11(2)19-20(21(29)14-6-12(3)5-13(4)7-14)28(23(31)27-22(19)30)10-16-17(25)8-15(24)9-18(16)26/h5-9,11H,10H2,1-4H3,(H,27,30,31). The monoisotopic (exact) mass is 430 g/mol. The van der Waals surface area contributed by atoms with Gasteiger partial charge in [0.05, 0.1) is 6.54 Å². The number of ketones is 1. The number of H-pyrrole nitrogens is 1. The smallest absolute Gasteiger partial charge is 0.287 e. The van der Waals surface area contributed by atoms with Crippen molar-refractivity contribution in [1.82, 2.24) is 9.55 Å². The molecule has 1 N–H and O–H groups in total. The fourth-order valence-corrected chi connectivity index (χ4v) is 3.64. The van der Waals surface area contributed by atoms with Gasteiger partial charge in [-0.05, 0) is 31.9 Å². The molecule has 0 bridgehead atoms. The van der Waals surface area contributed by atoms with Crippen LogP contribution in [0, 0.1) is 31.3 Å². The Morgan fingerprint density at radius 2 is 1.52 bits per heavy atom. The maximum atomic E-state index is 14.3. The Morgan fingerprint density at radius 1 is 0.968 bits per heavy atom. The molecule has 3 rings (SSSR count). The Balaban J connectivity index is 2.32. The van der Waals surface area contributed by atoms with Crippen LogP contribution >= 0.6 is 0 Å². The second-order valence-electron chi connectivity index (χ2n) is 7.82. The lowest BCUT2D eigenvalue weighted by atomic mass is 9.95. The van der Waals surface area contributed by atoms with Crippen LogP contribution in [-0.2, 0) is 6.54 Å². The molecule has 8 heteroatoms. The maximum absolute atomic E-state index is 14.3. The van der Waals surface area contributed by atoms with Gasteiger partial charge in [-0.3, -0.25) is 19.1 Å². The van der Waals surface area contributed by atoms with Crippen molar-refractivity contribution in [2.45, 2.75) is 40.2 Å². The third-order valence-corrected chi connectivity index (χ3v) is 4.93. The van der Waals surface area contributed by atoms with E-state index in [1.807, 2.05) is 6.07 Å². The van der Waals surface area contributed by atoms with E-state index in [1.54, 1.807) is 39.8 Å². The molecule has 1 heterocycles. The number of carbonyl (C=O) groups excluding carboxylic acids is 1. The molecule has 0 atom stereocenters. The Labute approximate surface area is 176 Å². The quantitative estimate of drug-likeness (QED) is 0.623. The highest BCUT2D eigenvalue weighted by Gasteiger charge is 2.26. The van der Waals surface area contributed by atoms with Crippen molar-refractivity contribution in [3.63, 3.8) is 0 Å². The zero-order valence-electron chi connectivity index (χ0n) is 17.5. The molecule has 0 fully saturated rings. The first kappa shape index (κ1) is 22.3. The lowest BCUT2D eigenvalue weighted by Gasteiger charge is -2.18. The number of hydrogen-bond donors (Lipinski definition) is 1. The Morgan fingerprint density at radius 3 is 2.03 bits per heavy atom. The summed E-state index contributed by atoms with van der Waals surface area (Å²) in [5.74, 6) is -4.61. The van der Waals surface area contributed by atoms with Crippen LogP contribution in [0.2, 0.25) is 0 Å². The lowest BCUT2D eigenvalue weighted by molar-refractivity contribution is 0.102. The average molecular weight is 430 g/mol. The van der Waals surface area contributed by atoms with E-state index in [0.29, 0.717) is 12.1 Å². The first-order valence-electron chi connectivity index (χ1n) is 9.63. The number of benzene rings is 2. The number of halogens is 3. The van der Waals surface area contributed by atoms with Crippen molar-refractivity contribution in [2.24, 2.45) is 0 Å². The largest absolute Gasteiger partial charge is 0.329 e. The summed E-state index contributed by atoms with van der Waals surface area (Å²) in [6.45, 7) is 6.22. The number of aromatic nitrogens is 2. The van der Waals surface area contributed by atoms with E-state index in [2.05, 4.69) is 4.98 Å². The van der Waals surface area contributed by atoms with Gasteiger partial charge in [-0.2, -0.15) is 0 Å². The number of nitrogens with one attached hydrogen (secondary N) is 1. The minimum atomic E-state index is -1.20. The summed E-state index contributed by atoms with van der Waals surface area (Å²) >= 11 is 0. The van der Waals surface area contributed by atoms with Crippen LogP contribution in [-0.4, -0.2) is 15.3 Å². The third-order valence-electron chi connectivity index (χ3n) is 4.93. The van der Waals surface area contributed by atoms with Crippen molar-refractivity contribution in [3.05, 3.63) is 102 Å². The second kappa shape index (κ2) is 8.37. The Bertz CT molecular complexity index is 1260. The van der Waals surface area contributed by atoms with Crippen molar-refractivity contribution >= 4 is 5.78 Å². The number of aryl methyl sites for hydroxylation is 2. The fourth-order valence-electron chi connectivity index (χ4n) is 3.64. The molecule has 0 aliphatic heterocycles. The van der Waals surface area contributed by atoms with E-state index in [9.17, 15) is 27.6 Å². The summed E-state index contributed by atoms with van der Waals surface area (Å²) in [5, 5.41) is 0. The topological polar surface area (TPSA) is 71.9 Å². The van der Waals surface area contributed by atoms with Crippen LogP contribution in [0.5, 0.6) is 0 Å². The molecule has 0 spiro atoms. The normalized spacial score (nSPS) is 11.2. The summed E-state index contributed by atoms with van der Waals surface area (Å²) in [7, 11) is 0. The summed E-state index contributed by atoms with van der Waals surface area (Å²) in [5.41, 5.74) is -0.747. The van der Waals surface area contributed by atoms with E-state index in [1.165, 1.54) is 0 Å². The van der Waals surface area contributed by atoms with E-state index < -0.39 is 52.5 Å². The summed E-state index contributed by atoms with van der Waals surface area (Å²) in [4.78, 5) is 40.7. The highest BCUT2D eigenvalue weighted by atomic mass is 19.1. The molecule has 0 radical (unpaired) electrons. The number of nitrogens with zero attached hydrogens (tertiary/aromatic N) is 1. The van der Waals surface area contributed by atoms with Gasteiger partial charge < -0.3 is 0 Å². The van der Waals surface area contributed by atoms with Crippen molar-refractivity contribution in [3.8, 4) is 0 Å². The molecule has 31 heavy (non-hydrogen) atoms. The van der Waals surface area contributed by atoms with Crippen LogP contribution in [0.4, 0.5) is 13.2 Å². The van der Waals surface area contributed by atoms with Crippen LogP contribution in [0.1, 0.15) is 58.1 Å². The third kappa shape index (κ3) is 4.38. The van der Waals surface area contributed by atoms with Crippen molar-refractivity contribution < 1.29 is 18.0 Å². The minimum absolute atomic E-state index is 0.0201. The molecular formula is C23H21F3N2O3. The molecule has 5 nitrogen and oxygen atoms in total. The van der Waals surface area contributed by atoms with Crippen molar-refractivity contribution in [1.29, 1.82) is 0 Å². The Kier molecular flexibility index (Phi) is 6.01. The van der Waals surface area contributed by atoms with Gasteiger partial charge in [-0.1, -0.05) is 31.0 Å². The molecule has 3 aromatic rings. The summed E-state index contributed by atoms with van der Waals surface area (Å²) < 4.78 is 42.7. The number of carbonyl (C=O) groups is 1. The van der Waals surface area contributed by atoms with Gasteiger partial charge in [0.2, 0.25) is 5.78 Å². The molecule has 0 unspecified atom stereocenters. The van der Waals surface area contributed by atoms with E-state index in [4.69, 9.17) is 0 Å². The first-order valence-corrected chi connectivity index (χ1v) is 9.63. The van der Waals surface area contributed by atoms with Crippen LogP contribution < -0.4 is 11.2 Å². The first-order chi connectivity index (χ1) is 14.5. The molecule has 0 amide bonds. The van der Waals surface area contributed by atoms with Crippen LogP contribution in [0.15, 0.2) is 39.9 Å². The molecule has 2 aromatic carbocycles. The van der Waals surface area contributed by atoms with Crippen LogP contribution in [0.25, 0.3) is 0 Å². The second-order valence-corrected chi connectivity index (χ2v) is 7.82. The van der Waals surface area contributed by atoms with E-state index in [0.717, 1.165) is 15.7 Å². The molecule has 0 aliphatic rings. The van der Waals surface area contributed by atoms with Gasteiger partial charge in [0.1, 0.15) is 23.1 Å². The van der Waals surface area contributed by atoms with E-state index >= 15 is 0 Å². The average Bonchev–Trinajstić information content (AvgIpc) is 2.63. The van der Waals surface area contributed by atoms with Crippen molar-refractivity contribution in [2.75, 3.05) is 0 Å². The molecule has 1 aromatic heterocycles. The van der Waals surface area contributed by atoms with Gasteiger partial charge in [-0.15, -0.1) is 0 Å². The summed E-state index contributed by atoms with van der Waals surface area (Å²) in [6, 6.07) is 6.05. The number of aromatic amines is 1. The fraction of sp³-hybridized carbons (Fsp3) is 0.261. The SMILES string of the molecule is Cc1cc(C)cc(C(=O)c2c(C(C)C)c(=O)[nH]c(=O)n2Cc2c(F)cc(F)cc2F)c1. The van der Waals surface area contributed by atoms with E-state index in [-0.39, 0.29) is 16.8 Å². The summed E-state index contributed by atoms with van der Waals surface area (Å²) in [6.07, 6.45) is 0. The van der Waals surface area contributed by atoms with Gasteiger partial charge >= 0.3 is 5.69 Å². The molecule has 0 saturated heterocycles. The van der Waals surface area contributed by atoms with Gasteiger partial charge in [0, 0.05) is 28.8 Å². The van der Waals surface area contributed by atoms with Gasteiger partial charge in [0.25, 0.3) is 5.56 Å². The van der Waals surface area contributed by atoms with Gasteiger partial charge in [0.15, 0.2) is 0 Å². The van der Waals surface area contributed by atoms with Crippen LogP contribution in [0.3, 0.4) is 0 Å². The molecule has 0 saturated carbocycles. The number of hydrogen-bond acceptors (Lipinski definition) is 3. The number of rotatable bonds is 5. The maximum Gasteiger partial charge on any atom is 0.329 e. The minimum Gasteiger partial charge on any atom is -0.287 e.